The van der Waals surface area contributed by atoms with E-state index in [1.54, 1.807) is 0 Å². The molecule has 1 aliphatic rings. The second-order valence-corrected chi connectivity index (χ2v) is 6.29. The Morgan fingerprint density at radius 3 is 2.67 bits per heavy atom. The average molecular weight is 331 g/mol. The van der Waals surface area contributed by atoms with Crippen LogP contribution in [0, 0.1) is 5.92 Å². The van der Waals surface area contributed by atoms with Crippen LogP contribution in [0.1, 0.15) is 24.8 Å². The van der Waals surface area contributed by atoms with Crippen molar-refractivity contribution in [1.82, 2.24) is 5.32 Å². The summed E-state index contributed by atoms with van der Waals surface area (Å²) in [4.78, 5) is 11.8. The van der Waals surface area contributed by atoms with E-state index in [0.29, 0.717) is 18.9 Å². The molecule has 0 spiro atoms. The second-order valence-electron chi connectivity index (χ2n) is 4.81. The molecule has 0 radical (unpaired) electrons. The number of nitrogens with one attached hydrogen (secondary N) is 1. The summed E-state index contributed by atoms with van der Waals surface area (Å²) in [7, 11) is 0. The SMILES string of the molecule is O=C(Cc1ccc(Br)cc1)NCC1CCCC1Cl. The molecule has 1 N–H and O–H groups in total. The highest BCUT2D eigenvalue weighted by Crippen LogP contribution is 2.29. The molecule has 0 aliphatic heterocycles. The maximum absolute atomic E-state index is 11.8. The lowest BCUT2D eigenvalue weighted by molar-refractivity contribution is -0.120. The lowest BCUT2D eigenvalue weighted by atomic mass is 10.1. The van der Waals surface area contributed by atoms with Crippen LogP contribution in [-0.2, 0) is 11.2 Å². The van der Waals surface area contributed by atoms with E-state index in [4.69, 9.17) is 11.6 Å². The zero-order valence-corrected chi connectivity index (χ0v) is 12.5. The van der Waals surface area contributed by atoms with E-state index < -0.39 is 0 Å². The van der Waals surface area contributed by atoms with Crippen molar-refractivity contribution in [3.05, 3.63) is 34.3 Å². The first kappa shape index (κ1) is 13.9. The lowest BCUT2D eigenvalue weighted by Crippen LogP contribution is -2.32. The van der Waals surface area contributed by atoms with Gasteiger partial charge in [-0.05, 0) is 36.5 Å². The highest BCUT2D eigenvalue weighted by molar-refractivity contribution is 9.10. The topological polar surface area (TPSA) is 29.1 Å². The van der Waals surface area contributed by atoms with Gasteiger partial charge < -0.3 is 5.32 Å². The Kier molecular flexibility index (Phi) is 5.07. The van der Waals surface area contributed by atoms with Gasteiger partial charge in [0.05, 0.1) is 6.42 Å². The molecule has 1 aromatic rings. The van der Waals surface area contributed by atoms with Crippen LogP contribution in [0.4, 0.5) is 0 Å². The Bertz CT molecular complexity index is 407. The van der Waals surface area contributed by atoms with Crippen molar-refractivity contribution >= 4 is 33.4 Å². The Morgan fingerprint density at radius 1 is 1.33 bits per heavy atom. The minimum atomic E-state index is 0.0769. The highest BCUT2D eigenvalue weighted by atomic mass is 79.9. The van der Waals surface area contributed by atoms with Gasteiger partial charge in [0.15, 0.2) is 0 Å². The van der Waals surface area contributed by atoms with Gasteiger partial charge in [-0.1, -0.05) is 34.5 Å². The smallest absolute Gasteiger partial charge is 0.224 e. The Hall–Kier alpha value is -0.540. The number of hydrogen-bond acceptors (Lipinski definition) is 1. The molecule has 2 unspecified atom stereocenters. The van der Waals surface area contributed by atoms with Crippen LogP contribution in [0.2, 0.25) is 0 Å². The van der Waals surface area contributed by atoms with Crippen molar-refractivity contribution in [3.63, 3.8) is 0 Å². The fraction of sp³-hybridized carbons (Fsp3) is 0.500. The first-order valence-corrected chi connectivity index (χ1v) is 7.53. The van der Waals surface area contributed by atoms with Crippen LogP contribution >= 0.6 is 27.5 Å². The normalized spacial score (nSPS) is 23.0. The maximum Gasteiger partial charge on any atom is 0.224 e. The van der Waals surface area contributed by atoms with Gasteiger partial charge in [0.25, 0.3) is 0 Å². The number of benzene rings is 1. The summed E-state index contributed by atoms with van der Waals surface area (Å²) < 4.78 is 1.03. The van der Waals surface area contributed by atoms with Crippen LogP contribution < -0.4 is 5.32 Å². The van der Waals surface area contributed by atoms with E-state index in [-0.39, 0.29) is 11.3 Å². The molecular formula is C14H17BrClNO. The molecule has 1 aliphatic carbocycles. The van der Waals surface area contributed by atoms with Gasteiger partial charge in [0, 0.05) is 16.4 Å². The number of rotatable bonds is 4. The van der Waals surface area contributed by atoms with Crippen molar-refractivity contribution in [2.75, 3.05) is 6.54 Å². The van der Waals surface area contributed by atoms with Gasteiger partial charge in [-0.25, -0.2) is 0 Å². The summed E-state index contributed by atoms with van der Waals surface area (Å²) in [5, 5.41) is 3.22. The summed E-state index contributed by atoms with van der Waals surface area (Å²) in [6.07, 6.45) is 3.83. The summed E-state index contributed by atoms with van der Waals surface area (Å²) in [5.74, 6) is 0.522. The summed E-state index contributed by atoms with van der Waals surface area (Å²) >= 11 is 9.56. The van der Waals surface area contributed by atoms with Crippen LogP contribution in [0.25, 0.3) is 0 Å². The maximum atomic E-state index is 11.8. The zero-order chi connectivity index (χ0) is 13.0. The first-order chi connectivity index (χ1) is 8.65. The third-order valence-corrected chi connectivity index (χ3v) is 4.51. The van der Waals surface area contributed by atoms with E-state index in [9.17, 15) is 4.79 Å². The number of hydrogen-bond donors (Lipinski definition) is 1. The molecule has 98 valence electrons. The number of halogens is 2. The molecule has 2 rings (SSSR count). The van der Waals surface area contributed by atoms with Gasteiger partial charge in [-0.3, -0.25) is 4.79 Å². The summed E-state index contributed by atoms with van der Waals surface area (Å²) in [5.41, 5.74) is 1.03. The predicted molar refractivity (Wildman–Crippen MR) is 77.8 cm³/mol. The molecule has 1 saturated carbocycles. The molecule has 2 atom stereocenters. The van der Waals surface area contributed by atoms with Crippen LogP contribution in [0.15, 0.2) is 28.7 Å². The van der Waals surface area contributed by atoms with E-state index in [2.05, 4.69) is 21.2 Å². The zero-order valence-electron chi connectivity index (χ0n) is 10.2. The standard InChI is InChI=1S/C14H17BrClNO/c15-12-6-4-10(5-7-12)8-14(18)17-9-11-2-1-3-13(11)16/h4-7,11,13H,1-3,8-9H2,(H,17,18). The average Bonchev–Trinajstić information content (AvgIpc) is 2.75. The largest absolute Gasteiger partial charge is 0.355 e. The fourth-order valence-electron chi connectivity index (χ4n) is 2.32. The molecule has 0 saturated heterocycles. The third kappa shape index (κ3) is 3.99. The molecule has 1 aromatic carbocycles. The lowest BCUT2D eigenvalue weighted by Gasteiger charge is -2.14. The van der Waals surface area contributed by atoms with Crippen molar-refractivity contribution in [1.29, 1.82) is 0 Å². The number of amides is 1. The molecule has 4 heteroatoms. The first-order valence-electron chi connectivity index (χ1n) is 6.30. The predicted octanol–water partition coefficient (Wildman–Crippen LogP) is 3.52. The summed E-state index contributed by atoms with van der Waals surface area (Å²) in [6.45, 7) is 0.712. The van der Waals surface area contributed by atoms with Gasteiger partial charge >= 0.3 is 0 Å². The van der Waals surface area contributed by atoms with Crippen LogP contribution in [0.5, 0.6) is 0 Å². The van der Waals surface area contributed by atoms with E-state index in [1.165, 1.54) is 6.42 Å². The van der Waals surface area contributed by atoms with Gasteiger partial charge in [0.2, 0.25) is 5.91 Å². The summed E-state index contributed by atoms with van der Waals surface area (Å²) in [6, 6.07) is 7.83. The molecular weight excluding hydrogens is 314 g/mol. The Balaban J connectivity index is 1.76. The van der Waals surface area contributed by atoms with E-state index in [1.807, 2.05) is 24.3 Å². The van der Waals surface area contributed by atoms with E-state index in [0.717, 1.165) is 22.9 Å². The molecule has 0 bridgehead atoms. The van der Waals surface area contributed by atoms with E-state index >= 15 is 0 Å². The van der Waals surface area contributed by atoms with Gasteiger partial charge in [0.1, 0.15) is 0 Å². The third-order valence-electron chi connectivity index (χ3n) is 3.41. The fourth-order valence-corrected chi connectivity index (χ4v) is 2.95. The van der Waals surface area contributed by atoms with Crippen molar-refractivity contribution < 1.29 is 4.79 Å². The quantitative estimate of drug-likeness (QED) is 0.841. The number of carbonyl (C=O) groups excluding carboxylic acids is 1. The van der Waals surface area contributed by atoms with Gasteiger partial charge in [-0.2, -0.15) is 0 Å². The minimum Gasteiger partial charge on any atom is -0.355 e. The molecule has 1 fully saturated rings. The van der Waals surface area contributed by atoms with Crippen molar-refractivity contribution in [3.8, 4) is 0 Å². The van der Waals surface area contributed by atoms with Gasteiger partial charge in [-0.15, -0.1) is 11.6 Å². The molecule has 18 heavy (non-hydrogen) atoms. The molecule has 2 nitrogen and oxygen atoms in total. The van der Waals surface area contributed by atoms with Crippen molar-refractivity contribution in [2.45, 2.75) is 31.1 Å². The number of carbonyl (C=O) groups is 1. The molecule has 0 aromatic heterocycles. The van der Waals surface area contributed by atoms with Crippen molar-refractivity contribution in [2.24, 2.45) is 5.92 Å². The monoisotopic (exact) mass is 329 g/mol. The minimum absolute atomic E-state index is 0.0769. The highest BCUT2D eigenvalue weighted by Gasteiger charge is 2.25. The Morgan fingerprint density at radius 2 is 2.06 bits per heavy atom. The Labute approximate surface area is 121 Å². The van der Waals surface area contributed by atoms with Crippen LogP contribution in [-0.4, -0.2) is 17.8 Å². The number of alkyl halides is 1. The second kappa shape index (κ2) is 6.58. The molecule has 0 heterocycles. The van der Waals surface area contributed by atoms with Crippen LogP contribution in [0.3, 0.4) is 0 Å². The molecule has 1 amide bonds.